The minimum atomic E-state index is -1.10. The fourth-order valence-corrected chi connectivity index (χ4v) is 3.23. The van der Waals surface area contributed by atoms with Crippen molar-refractivity contribution in [2.24, 2.45) is 0 Å². The number of hydrogen-bond donors (Lipinski definition) is 0. The summed E-state index contributed by atoms with van der Waals surface area (Å²) in [5, 5.41) is 0. The van der Waals surface area contributed by atoms with Crippen LogP contribution in [0.5, 0.6) is 0 Å². The molecule has 31 heavy (non-hydrogen) atoms. The van der Waals surface area contributed by atoms with E-state index >= 15 is 0 Å². The molecule has 2 atom stereocenters. The molecule has 0 N–H and O–H groups in total. The number of rotatable bonds is 8. The molecule has 0 spiro atoms. The van der Waals surface area contributed by atoms with Crippen LogP contribution in [0.25, 0.3) is 0 Å². The minimum Gasteiger partial charge on any atom is -0.382 e. The van der Waals surface area contributed by atoms with Gasteiger partial charge in [0.1, 0.15) is 12.5 Å². The van der Waals surface area contributed by atoms with Crippen molar-refractivity contribution >= 4 is 20.9 Å². The number of ether oxygens (including phenoxy) is 1. The number of aryl methyl sites for hydroxylation is 2. The Labute approximate surface area is 186 Å². The van der Waals surface area contributed by atoms with Crippen LogP contribution >= 0.6 is 9.12 Å². The van der Waals surface area contributed by atoms with Gasteiger partial charge in [-0.1, -0.05) is 67.8 Å². The third kappa shape index (κ3) is 7.35. The molecule has 0 saturated carbocycles. The highest BCUT2D eigenvalue weighted by atomic mass is 31.0. The van der Waals surface area contributed by atoms with Gasteiger partial charge in [0, 0.05) is 12.7 Å². The van der Waals surface area contributed by atoms with Gasteiger partial charge in [-0.15, -0.1) is 0 Å². The first-order chi connectivity index (χ1) is 14.7. The van der Waals surface area contributed by atoms with E-state index in [9.17, 15) is 9.59 Å². The van der Waals surface area contributed by atoms with Crippen LogP contribution in [0.2, 0.25) is 0 Å². The summed E-state index contributed by atoms with van der Waals surface area (Å²) < 4.78 is 13.0. The minimum absolute atomic E-state index is 0.0377. The average Bonchev–Trinajstić information content (AvgIpc) is 2.72. The highest BCUT2D eigenvalue weighted by molar-refractivity contribution is 7.00. The second kappa shape index (κ2) is 12.5. The van der Waals surface area contributed by atoms with Gasteiger partial charge >= 0.3 is 15.1 Å². The monoisotopic (exact) mass is 447 g/mol. The maximum atomic E-state index is 13.5. The quantitative estimate of drug-likeness (QED) is 0.143. The summed E-state index contributed by atoms with van der Waals surface area (Å²) in [6.45, 7) is 10.6. The predicted molar refractivity (Wildman–Crippen MR) is 122 cm³/mol. The van der Waals surface area contributed by atoms with E-state index in [0.717, 1.165) is 16.7 Å². The van der Waals surface area contributed by atoms with Crippen LogP contribution in [0.3, 0.4) is 0 Å². The zero-order chi connectivity index (χ0) is 23.6. The molecule has 168 valence electrons. The zero-order valence-corrected chi connectivity index (χ0v) is 20.2. The molecule has 6 nitrogen and oxygen atoms in total. The highest BCUT2D eigenvalue weighted by Crippen LogP contribution is 2.31. The number of carbonyl (C=O) groups is 2. The second-order valence-electron chi connectivity index (χ2n) is 8.16. The topological polar surface area (TPSA) is 78.9 Å². The molecule has 0 saturated heterocycles. The van der Waals surface area contributed by atoms with Crippen molar-refractivity contribution in [2.45, 2.75) is 46.0 Å². The fraction of sp³-hybridized carbons (Fsp3) is 0.417. The molecule has 0 aliphatic heterocycles. The molecule has 0 aromatic heterocycles. The lowest BCUT2D eigenvalue weighted by molar-refractivity contribution is -0.276. The van der Waals surface area contributed by atoms with Gasteiger partial charge in [-0.05, 0) is 41.5 Å². The Morgan fingerprint density at radius 3 is 2.00 bits per heavy atom. The molecule has 2 aromatic carbocycles. The predicted octanol–water partition coefficient (Wildman–Crippen LogP) is 4.90. The van der Waals surface area contributed by atoms with Gasteiger partial charge in [-0.2, -0.15) is 4.89 Å². The zero-order valence-electron chi connectivity index (χ0n) is 19.1. The van der Waals surface area contributed by atoms with Gasteiger partial charge in [-0.3, -0.25) is 9.68 Å². The van der Waals surface area contributed by atoms with Crippen molar-refractivity contribution in [3.63, 3.8) is 0 Å². The summed E-state index contributed by atoms with van der Waals surface area (Å²) in [4.78, 5) is 36.1. The van der Waals surface area contributed by atoms with E-state index in [1.165, 1.54) is 16.2 Å². The lowest BCUT2D eigenvalue weighted by Gasteiger charge is -2.23. The number of Topliss-reactive ketones (excluding diaryl/α,β-unsaturated/α-hetero) is 1. The molecule has 0 radical (unpaired) electrons. The summed E-state index contributed by atoms with van der Waals surface area (Å²) in [6, 6.07) is 12.9. The Balaban J connectivity index is 0.00000233. The van der Waals surface area contributed by atoms with Crippen molar-refractivity contribution in [3.05, 3.63) is 70.3 Å². The molecule has 0 aliphatic carbocycles. The van der Waals surface area contributed by atoms with E-state index in [0.29, 0.717) is 11.1 Å². The van der Waals surface area contributed by atoms with E-state index in [4.69, 9.17) is 19.1 Å². The number of hydrogen-bond acceptors (Lipinski definition) is 6. The normalized spacial score (nSPS) is 11.8. The SMILES string of the molecule is COCCOOC(=O)C(C(=O)c1c(C)cc(C(C)(C)C)cc1C)c1ccccc1.O=[PH2+]. The van der Waals surface area contributed by atoms with Gasteiger partial charge in [0.25, 0.3) is 0 Å². The molecule has 7 heteroatoms. The maximum absolute atomic E-state index is 13.5. The Hall–Kier alpha value is -2.40. The van der Waals surface area contributed by atoms with Gasteiger partial charge in [0.2, 0.25) is 0 Å². The molecule has 2 rings (SSSR count). The lowest BCUT2D eigenvalue weighted by Crippen LogP contribution is -2.26. The number of benzene rings is 2. The van der Waals surface area contributed by atoms with Crippen molar-refractivity contribution in [1.29, 1.82) is 0 Å². The molecular weight excluding hydrogens is 415 g/mol. The summed E-state index contributed by atoms with van der Waals surface area (Å²) in [7, 11) is 2.69. The highest BCUT2D eigenvalue weighted by Gasteiger charge is 2.34. The van der Waals surface area contributed by atoms with Crippen molar-refractivity contribution in [3.8, 4) is 0 Å². The summed E-state index contributed by atoms with van der Waals surface area (Å²) in [5.41, 5.74) is 3.90. The number of carbonyl (C=O) groups excluding carboxylic acids is 2. The van der Waals surface area contributed by atoms with E-state index in [2.05, 4.69) is 20.8 Å². The molecule has 0 fully saturated rings. The molecule has 0 amide bonds. The van der Waals surface area contributed by atoms with Crippen LogP contribution in [0, 0.1) is 13.8 Å². The van der Waals surface area contributed by atoms with Crippen molar-refractivity contribution in [2.75, 3.05) is 20.3 Å². The first-order valence-electron chi connectivity index (χ1n) is 9.93. The van der Waals surface area contributed by atoms with E-state index in [1.54, 1.807) is 24.3 Å². The molecule has 0 aliphatic rings. The second-order valence-corrected chi connectivity index (χ2v) is 8.16. The largest absolute Gasteiger partial charge is 0.382 e. The Morgan fingerprint density at radius 2 is 1.52 bits per heavy atom. The average molecular weight is 447 g/mol. The van der Waals surface area contributed by atoms with Crippen LogP contribution in [0.15, 0.2) is 42.5 Å². The van der Waals surface area contributed by atoms with Crippen LogP contribution in [-0.4, -0.2) is 32.1 Å². The Bertz CT molecular complexity index is 850. The standard InChI is InChI=1S/C24H30O5.H2OP/c1-16-14-19(24(3,4)5)15-17(2)20(16)22(25)21(18-10-8-7-9-11-18)23(26)29-28-13-12-27-6;1-2/h7-11,14-15,21H,12-13H2,1-6H3;2H2/q;+1. The van der Waals surface area contributed by atoms with E-state index in [-0.39, 0.29) is 24.4 Å². The van der Waals surface area contributed by atoms with E-state index in [1.807, 2.05) is 32.0 Å². The number of ketones is 1. The van der Waals surface area contributed by atoms with Crippen molar-refractivity contribution < 1.29 is 28.7 Å². The Kier molecular flexibility index (Phi) is 10.7. The van der Waals surface area contributed by atoms with Crippen LogP contribution < -0.4 is 0 Å². The van der Waals surface area contributed by atoms with Crippen molar-refractivity contribution in [1.82, 2.24) is 0 Å². The molecular formula is C24H32O6P+. The summed E-state index contributed by atoms with van der Waals surface area (Å²) in [6.07, 6.45) is 0. The fourth-order valence-electron chi connectivity index (χ4n) is 3.23. The van der Waals surface area contributed by atoms with Crippen LogP contribution in [0.1, 0.15) is 59.3 Å². The molecule has 2 unspecified atom stereocenters. The van der Waals surface area contributed by atoms with Gasteiger partial charge in [0.05, 0.1) is 6.61 Å². The van der Waals surface area contributed by atoms with Crippen LogP contribution in [0.4, 0.5) is 0 Å². The smallest absolute Gasteiger partial charge is 0.357 e. The summed E-state index contributed by atoms with van der Waals surface area (Å²) in [5.74, 6) is -2.14. The maximum Gasteiger partial charge on any atom is 0.357 e. The lowest BCUT2D eigenvalue weighted by atomic mass is 9.81. The molecule has 0 heterocycles. The van der Waals surface area contributed by atoms with Gasteiger partial charge in [-0.25, -0.2) is 4.79 Å². The van der Waals surface area contributed by atoms with Gasteiger partial charge < -0.3 is 4.74 Å². The van der Waals surface area contributed by atoms with E-state index < -0.39 is 11.9 Å². The third-order valence-corrected chi connectivity index (χ3v) is 4.79. The molecule has 0 bridgehead atoms. The number of methoxy groups -OCH3 is 1. The first kappa shape index (κ1) is 26.6. The van der Waals surface area contributed by atoms with Gasteiger partial charge in [0.15, 0.2) is 5.78 Å². The summed E-state index contributed by atoms with van der Waals surface area (Å²) >= 11 is 0. The molecule has 2 aromatic rings. The first-order valence-corrected chi connectivity index (χ1v) is 10.4. The van der Waals surface area contributed by atoms with Crippen LogP contribution in [-0.2, 0) is 29.3 Å². The Morgan fingerprint density at radius 1 is 0.968 bits per heavy atom. The third-order valence-electron chi connectivity index (χ3n) is 4.79.